The number of hydrogen-bond acceptors (Lipinski definition) is 3. The molecule has 0 aromatic heterocycles. The molecule has 0 spiro atoms. The van der Waals surface area contributed by atoms with Gasteiger partial charge in [0.1, 0.15) is 5.60 Å². The van der Waals surface area contributed by atoms with Crippen LogP contribution < -0.4 is 0 Å². The molecule has 2 bridgehead atoms. The summed E-state index contributed by atoms with van der Waals surface area (Å²) in [5.74, 6) is 1.62. The fourth-order valence-corrected chi connectivity index (χ4v) is 5.30. The average molecular weight is 307 g/mol. The highest BCUT2D eigenvalue weighted by molar-refractivity contribution is 5.68. The molecule has 3 heterocycles. The smallest absolute Gasteiger partial charge is 0.410 e. The van der Waals surface area contributed by atoms with Crippen molar-refractivity contribution in [3.63, 3.8) is 0 Å². The van der Waals surface area contributed by atoms with E-state index < -0.39 is 0 Å². The standard InChI is InChI=1S/C18H29NO3/c1-12(2)18(22-17(20)19-8-4-3-5-9-19)10-13-14(11-18)16-7-6-15(13)21-16/h12-16H,3-11H2,1-2H3. The summed E-state index contributed by atoms with van der Waals surface area (Å²) in [5, 5.41) is 0. The maximum absolute atomic E-state index is 12.6. The van der Waals surface area contributed by atoms with Gasteiger partial charge in [0.2, 0.25) is 0 Å². The van der Waals surface area contributed by atoms with Crippen LogP contribution in [0.15, 0.2) is 0 Å². The Bertz CT molecular complexity index is 426. The molecular formula is C18H29NO3. The maximum atomic E-state index is 12.6. The third-order valence-corrected chi connectivity index (χ3v) is 6.71. The van der Waals surface area contributed by atoms with Gasteiger partial charge in [0.25, 0.3) is 0 Å². The summed E-state index contributed by atoms with van der Waals surface area (Å²) >= 11 is 0. The summed E-state index contributed by atoms with van der Waals surface area (Å²) in [6, 6.07) is 0. The molecule has 0 N–H and O–H groups in total. The van der Waals surface area contributed by atoms with Crippen LogP contribution in [0.3, 0.4) is 0 Å². The van der Waals surface area contributed by atoms with E-state index in [9.17, 15) is 4.79 Å². The van der Waals surface area contributed by atoms with Crippen molar-refractivity contribution in [3.05, 3.63) is 0 Å². The van der Waals surface area contributed by atoms with E-state index in [0.717, 1.165) is 38.8 Å². The largest absolute Gasteiger partial charge is 0.443 e. The van der Waals surface area contributed by atoms with E-state index in [-0.39, 0.29) is 11.7 Å². The Hall–Kier alpha value is -0.770. The third kappa shape index (κ3) is 2.26. The van der Waals surface area contributed by atoms with Crippen molar-refractivity contribution in [3.8, 4) is 0 Å². The van der Waals surface area contributed by atoms with E-state index in [0.29, 0.717) is 30.0 Å². The highest BCUT2D eigenvalue weighted by atomic mass is 16.6. The van der Waals surface area contributed by atoms with Crippen LogP contribution in [0.2, 0.25) is 0 Å². The molecule has 124 valence electrons. The predicted octanol–water partition coefficient (Wildman–Crippen LogP) is 3.59. The van der Waals surface area contributed by atoms with Gasteiger partial charge in [-0.2, -0.15) is 0 Å². The number of amides is 1. The molecule has 4 heteroatoms. The van der Waals surface area contributed by atoms with Crippen LogP contribution in [-0.2, 0) is 9.47 Å². The first-order valence-corrected chi connectivity index (χ1v) is 9.22. The molecule has 3 aliphatic heterocycles. The number of ether oxygens (including phenoxy) is 2. The minimum atomic E-state index is -0.255. The lowest BCUT2D eigenvalue weighted by Crippen LogP contribution is -2.45. The SMILES string of the molecule is CC(C)C1(OC(=O)N2CCCCC2)CC2C3CCC(O3)C2C1. The zero-order chi connectivity index (χ0) is 15.3. The monoisotopic (exact) mass is 307 g/mol. The van der Waals surface area contributed by atoms with Crippen molar-refractivity contribution in [1.29, 1.82) is 0 Å². The number of rotatable bonds is 2. The van der Waals surface area contributed by atoms with Crippen LogP contribution in [0.1, 0.15) is 58.8 Å². The fourth-order valence-electron chi connectivity index (χ4n) is 5.30. The Labute approximate surface area is 133 Å². The zero-order valence-electron chi connectivity index (χ0n) is 13.9. The molecule has 1 saturated carbocycles. The van der Waals surface area contributed by atoms with Gasteiger partial charge in [0.15, 0.2) is 0 Å². The fraction of sp³-hybridized carbons (Fsp3) is 0.944. The van der Waals surface area contributed by atoms with Crippen LogP contribution in [0.4, 0.5) is 4.79 Å². The highest BCUT2D eigenvalue weighted by Gasteiger charge is 2.60. The minimum Gasteiger partial charge on any atom is -0.443 e. The molecule has 3 saturated heterocycles. The lowest BCUT2D eigenvalue weighted by molar-refractivity contribution is -0.0548. The number of nitrogens with zero attached hydrogens (tertiary/aromatic N) is 1. The van der Waals surface area contributed by atoms with Gasteiger partial charge in [-0.3, -0.25) is 0 Å². The van der Waals surface area contributed by atoms with Gasteiger partial charge < -0.3 is 14.4 Å². The van der Waals surface area contributed by atoms with Crippen molar-refractivity contribution in [2.45, 2.75) is 76.6 Å². The summed E-state index contributed by atoms with van der Waals surface area (Å²) < 4.78 is 12.3. The lowest BCUT2D eigenvalue weighted by atomic mass is 9.82. The topological polar surface area (TPSA) is 38.8 Å². The summed E-state index contributed by atoms with van der Waals surface area (Å²) in [7, 11) is 0. The Morgan fingerprint density at radius 1 is 1.09 bits per heavy atom. The van der Waals surface area contributed by atoms with E-state index >= 15 is 0 Å². The van der Waals surface area contributed by atoms with Crippen molar-refractivity contribution >= 4 is 6.09 Å². The molecule has 4 aliphatic rings. The summed E-state index contributed by atoms with van der Waals surface area (Å²) in [6.07, 6.45) is 8.71. The van der Waals surface area contributed by atoms with E-state index in [1.807, 2.05) is 4.90 Å². The second-order valence-corrected chi connectivity index (χ2v) is 8.16. The molecule has 4 rings (SSSR count). The predicted molar refractivity (Wildman–Crippen MR) is 83.6 cm³/mol. The Morgan fingerprint density at radius 2 is 1.68 bits per heavy atom. The number of likely N-dealkylation sites (tertiary alicyclic amines) is 1. The minimum absolute atomic E-state index is 0.0679. The Morgan fingerprint density at radius 3 is 2.23 bits per heavy atom. The number of hydrogen-bond donors (Lipinski definition) is 0. The lowest BCUT2D eigenvalue weighted by Gasteiger charge is -2.37. The zero-order valence-corrected chi connectivity index (χ0v) is 13.9. The highest BCUT2D eigenvalue weighted by Crippen LogP contribution is 2.57. The van der Waals surface area contributed by atoms with E-state index in [1.165, 1.54) is 19.3 Å². The molecule has 22 heavy (non-hydrogen) atoms. The van der Waals surface area contributed by atoms with Gasteiger partial charge in [-0.25, -0.2) is 4.79 Å². The van der Waals surface area contributed by atoms with Gasteiger partial charge in [0, 0.05) is 13.1 Å². The molecule has 0 radical (unpaired) electrons. The first-order chi connectivity index (χ1) is 10.6. The summed E-state index contributed by atoms with van der Waals surface area (Å²) in [4.78, 5) is 14.6. The second kappa shape index (κ2) is 5.40. The molecule has 0 aromatic carbocycles. The second-order valence-electron chi connectivity index (χ2n) is 8.16. The van der Waals surface area contributed by atoms with E-state index in [4.69, 9.17) is 9.47 Å². The third-order valence-electron chi connectivity index (χ3n) is 6.71. The van der Waals surface area contributed by atoms with Crippen LogP contribution in [0.5, 0.6) is 0 Å². The number of carbonyl (C=O) groups excluding carboxylic acids is 1. The van der Waals surface area contributed by atoms with Crippen molar-refractivity contribution < 1.29 is 14.3 Å². The molecule has 1 amide bonds. The quantitative estimate of drug-likeness (QED) is 0.782. The maximum Gasteiger partial charge on any atom is 0.410 e. The van der Waals surface area contributed by atoms with Crippen LogP contribution in [0.25, 0.3) is 0 Å². The molecular weight excluding hydrogens is 278 g/mol. The molecule has 4 unspecified atom stereocenters. The van der Waals surface area contributed by atoms with Gasteiger partial charge in [0.05, 0.1) is 12.2 Å². The first-order valence-electron chi connectivity index (χ1n) is 9.22. The molecule has 4 atom stereocenters. The normalized spacial score (nSPS) is 43.7. The van der Waals surface area contributed by atoms with Gasteiger partial charge in [-0.1, -0.05) is 13.8 Å². The molecule has 0 aromatic rings. The van der Waals surface area contributed by atoms with Crippen molar-refractivity contribution in [2.75, 3.05) is 13.1 Å². The number of carbonyl (C=O) groups is 1. The summed E-state index contributed by atoms with van der Waals surface area (Å²) in [6.45, 7) is 6.17. The Balaban J connectivity index is 1.48. The van der Waals surface area contributed by atoms with E-state index in [1.54, 1.807) is 0 Å². The number of fused-ring (bicyclic) bond motifs is 5. The van der Waals surface area contributed by atoms with Crippen molar-refractivity contribution in [2.24, 2.45) is 17.8 Å². The van der Waals surface area contributed by atoms with Crippen LogP contribution in [-0.4, -0.2) is 41.9 Å². The van der Waals surface area contributed by atoms with Crippen LogP contribution in [0, 0.1) is 17.8 Å². The van der Waals surface area contributed by atoms with Gasteiger partial charge in [-0.05, 0) is 62.7 Å². The van der Waals surface area contributed by atoms with Crippen LogP contribution >= 0.6 is 0 Å². The van der Waals surface area contributed by atoms with E-state index in [2.05, 4.69) is 13.8 Å². The number of piperidine rings is 1. The Kier molecular flexibility index (Phi) is 3.63. The van der Waals surface area contributed by atoms with Crippen molar-refractivity contribution in [1.82, 2.24) is 4.90 Å². The molecule has 4 fully saturated rings. The average Bonchev–Trinajstić information content (AvgIpc) is 3.19. The molecule has 4 nitrogen and oxygen atoms in total. The van der Waals surface area contributed by atoms with Gasteiger partial charge in [-0.15, -0.1) is 0 Å². The molecule has 1 aliphatic carbocycles. The van der Waals surface area contributed by atoms with Gasteiger partial charge >= 0.3 is 6.09 Å². The summed E-state index contributed by atoms with van der Waals surface area (Å²) in [5.41, 5.74) is -0.255. The first kappa shape index (κ1) is 14.8.